The van der Waals surface area contributed by atoms with Crippen molar-refractivity contribution >= 4 is 11.9 Å². The Morgan fingerprint density at radius 3 is 2.47 bits per heavy atom. The van der Waals surface area contributed by atoms with E-state index < -0.39 is 74.8 Å². The summed E-state index contributed by atoms with van der Waals surface area (Å²) in [6.45, 7) is 9.37. The van der Waals surface area contributed by atoms with Gasteiger partial charge in [-0.3, -0.25) is 4.79 Å². The quantitative estimate of drug-likeness (QED) is 0.315. The first kappa shape index (κ1) is 27.8. The summed E-state index contributed by atoms with van der Waals surface area (Å²) in [5, 5.41) is 47.7. The van der Waals surface area contributed by atoms with E-state index in [0.29, 0.717) is 38.5 Å². The van der Waals surface area contributed by atoms with E-state index in [1.54, 1.807) is 13.0 Å². The zero-order valence-electron chi connectivity index (χ0n) is 23.5. The van der Waals surface area contributed by atoms with E-state index in [0.717, 1.165) is 5.57 Å². The number of methoxy groups -OCH3 is 1. The number of hydrogen-bond acceptors (Lipinski definition) is 8. The van der Waals surface area contributed by atoms with Gasteiger partial charge in [0, 0.05) is 11.5 Å². The highest BCUT2D eigenvalue weighted by molar-refractivity contribution is 5.83. The van der Waals surface area contributed by atoms with Gasteiger partial charge in [-0.25, -0.2) is 4.79 Å². The molecule has 38 heavy (non-hydrogen) atoms. The first-order valence-electron chi connectivity index (χ1n) is 14.0. The molecule has 8 heteroatoms. The lowest BCUT2D eigenvalue weighted by Gasteiger charge is -2.75. The minimum Gasteiger partial charge on any atom is -0.468 e. The van der Waals surface area contributed by atoms with Crippen LogP contribution in [0.1, 0.15) is 73.1 Å². The van der Waals surface area contributed by atoms with E-state index in [2.05, 4.69) is 13.0 Å². The molecule has 0 radical (unpaired) electrons. The number of rotatable bonds is 2. The van der Waals surface area contributed by atoms with Gasteiger partial charge in [-0.05, 0) is 75.0 Å². The first-order valence-corrected chi connectivity index (χ1v) is 14.0. The molecule has 8 nitrogen and oxygen atoms in total. The topological polar surface area (TPSA) is 134 Å². The molecule has 0 unspecified atom stereocenters. The molecule has 1 aliphatic heterocycles. The van der Waals surface area contributed by atoms with E-state index in [1.807, 2.05) is 20.8 Å². The molecule has 1 heterocycles. The molecule has 3 saturated carbocycles. The van der Waals surface area contributed by atoms with Gasteiger partial charge in [0.2, 0.25) is 0 Å². The molecular weight excluding hydrogens is 488 g/mol. The van der Waals surface area contributed by atoms with Crippen molar-refractivity contribution in [1.82, 2.24) is 0 Å². The average Bonchev–Trinajstić information content (AvgIpc) is 3.04. The van der Waals surface area contributed by atoms with Gasteiger partial charge in [0.1, 0.15) is 12.0 Å². The molecule has 0 aromatic rings. The van der Waals surface area contributed by atoms with Crippen LogP contribution in [0.5, 0.6) is 0 Å². The standard InChI is InChI=1S/C30H44O8/c1-17-9-10-25(3)11-13-27(5)22-21(33)23(34)28(18(2)31)16-38-20(32)8-7-19(28)26(22,4)12-14-29(27,24(35)37-6)30(25,36)15-17/h7-9,18-19,21-23,31,33-34,36H,10-16H2,1-6H3/t18-,19+,21+,22+,23+,25-,26+,27-,28-,29+,30+/m1/s1. The lowest BCUT2D eigenvalue weighted by molar-refractivity contribution is -0.334. The summed E-state index contributed by atoms with van der Waals surface area (Å²) in [4.78, 5) is 26.4. The second-order valence-corrected chi connectivity index (χ2v) is 13.8. The number of esters is 2. The van der Waals surface area contributed by atoms with Crippen LogP contribution in [0, 0.1) is 38.9 Å². The number of ether oxygens (including phenoxy) is 2. The Labute approximate surface area is 225 Å². The van der Waals surface area contributed by atoms with Gasteiger partial charge in [0.15, 0.2) is 0 Å². The molecule has 0 aromatic heterocycles. The molecule has 5 aliphatic rings. The molecule has 5 rings (SSSR count). The third kappa shape index (κ3) is 2.95. The predicted octanol–water partition coefficient (Wildman–Crippen LogP) is 2.67. The Kier molecular flexibility index (Phi) is 6.14. The molecule has 0 spiro atoms. The van der Waals surface area contributed by atoms with E-state index in [9.17, 15) is 30.0 Å². The van der Waals surface area contributed by atoms with Crippen LogP contribution < -0.4 is 0 Å². The number of carbonyl (C=O) groups is 2. The lowest BCUT2D eigenvalue weighted by Crippen LogP contribution is -2.80. The summed E-state index contributed by atoms with van der Waals surface area (Å²) in [7, 11) is 1.35. The lowest BCUT2D eigenvalue weighted by atomic mass is 9.29. The van der Waals surface area contributed by atoms with Crippen molar-refractivity contribution in [3.63, 3.8) is 0 Å². The van der Waals surface area contributed by atoms with Gasteiger partial charge in [-0.15, -0.1) is 0 Å². The van der Waals surface area contributed by atoms with E-state index >= 15 is 0 Å². The van der Waals surface area contributed by atoms with Crippen molar-refractivity contribution in [3.05, 3.63) is 23.8 Å². The molecule has 0 amide bonds. The van der Waals surface area contributed by atoms with Crippen molar-refractivity contribution in [2.24, 2.45) is 38.9 Å². The second-order valence-electron chi connectivity index (χ2n) is 13.8. The van der Waals surface area contributed by atoms with Crippen molar-refractivity contribution in [3.8, 4) is 0 Å². The van der Waals surface area contributed by atoms with Crippen molar-refractivity contribution in [1.29, 1.82) is 0 Å². The summed E-state index contributed by atoms with van der Waals surface area (Å²) >= 11 is 0. The zero-order valence-corrected chi connectivity index (χ0v) is 23.5. The monoisotopic (exact) mass is 532 g/mol. The summed E-state index contributed by atoms with van der Waals surface area (Å²) in [5.74, 6) is -2.19. The van der Waals surface area contributed by atoms with Gasteiger partial charge < -0.3 is 29.9 Å². The zero-order chi connectivity index (χ0) is 28.1. The Hall–Kier alpha value is -1.74. The Morgan fingerprint density at radius 1 is 1.16 bits per heavy atom. The molecule has 4 aliphatic carbocycles. The molecule has 0 bridgehead atoms. The van der Waals surface area contributed by atoms with Crippen LogP contribution in [0.15, 0.2) is 23.8 Å². The minimum atomic E-state index is -1.43. The highest BCUT2D eigenvalue weighted by atomic mass is 16.5. The summed E-state index contributed by atoms with van der Waals surface area (Å²) in [6.07, 6.45) is 4.29. The normalized spacial score (nSPS) is 52.7. The molecule has 212 valence electrons. The number of aliphatic hydroxyl groups is 4. The highest BCUT2D eigenvalue weighted by Gasteiger charge is 2.81. The third-order valence-corrected chi connectivity index (χ3v) is 12.5. The Balaban J connectivity index is 1.76. The maximum absolute atomic E-state index is 14.1. The number of cyclic esters (lactones) is 1. The number of aliphatic hydroxyl groups excluding tert-OH is 3. The van der Waals surface area contributed by atoms with Gasteiger partial charge in [-0.2, -0.15) is 0 Å². The van der Waals surface area contributed by atoms with Gasteiger partial charge in [0.05, 0.1) is 36.4 Å². The number of carbonyl (C=O) groups excluding carboxylic acids is 2. The van der Waals surface area contributed by atoms with E-state index in [4.69, 9.17) is 9.47 Å². The second kappa shape index (κ2) is 8.38. The first-order chi connectivity index (χ1) is 17.6. The Bertz CT molecular complexity index is 1100. The van der Waals surface area contributed by atoms with Crippen molar-refractivity contribution < 1.29 is 39.5 Å². The fraction of sp³-hybridized carbons (Fsp3) is 0.800. The van der Waals surface area contributed by atoms with Gasteiger partial charge >= 0.3 is 11.9 Å². The molecule has 11 atom stereocenters. The summed E-state index contributed by atoms with van der Waals surface area (Å²) in [5.41, 5.74) is -5.27. The third-order valence-electron chi connectivity index (χ3n) is 12.5. The fourth-order valence-electron chi connectivity index (χ4n) is 10.4. The smallest absolute Gasteiger partial charge is 0.330 e. The van der Waals surface area contributed by atoms with Crippen molar-refractivity contribution in [2.75, 3.05) is 13.7 Å². The van der Waals surface area contributed by atoms with E-state index in [-0.39, 0.29) is 6.61 Å². The maximum Gasteiger partial charge on any atom is 0.330 e. The van der Waals surface area contributed by atoms with E-state index in [1.165, 1.54) is 13.2 Å². The van der Waals surface area contributed by atoms with Crippen molar-refractivity contribution in [2.45, 2.75) is 97.1 Å². The predicted molar refractivity (Wildman–Crippen MR) is 138 cm³/mol. The number of fused-ring (bicyclic) bond motifs is 7. The van der Waals surface area contributed by atoms with Crippen LogP contribution in [0.3, 0.4) is 0 Å². The summed E-state index contributed by atoms with van der Waals surface area (Å²) < 4.78 is 10.9. The fourth-order valence-corrected chi connectivity index (χ4v) is 10.4. The summed E-state index contributed by atoms with van der Waals surface area (Å²) in [6, 6.07) is 0. The maximum atomic E-state index is 14.1. The van der Waals surface area contributed by atoms with Crippen LogP contribution >= 0.6 is 0 Å². The minimum absolute atomic E-state index is 0.230. The number of hydrogen-bond donors (Lipinski definition) is 4. The van der Waals surface area contributed by atoms with Crippen LogP contribution in [0.4, 0.5) is 0 Å². The molecule has 3 fully saturated rings. The van der Waals surface area contributed by atoms with Crippen LogP contribution in [-0.4, -0.2) is 70.0 Å². The van der Waals surface area contributed by atoms with Gasteiger partial charge in [0.25, 0.3) is 0 Å². The molecule has 4 N–H and O–H groups in total. The average molecular weight is 533 g/mol. The largest absolute Gasteiger partial charge is 0.468 e. The molecule has 0 aromatic carbocycles. The highest BCUT2D eigenvalue weighted by Crippen LogP contribution is 2.78. The SMILES string of the molecule is COC(=O)[C@@]12CC[C@@]3(C)[C@@H]4C=CC(=O)OC[C@]4([C@@H](C)O)[C@@H](O)[C@@H](O)[C@@H]3[C@@]1(C)CC[C@@]1(C)CC=C(C)C[C@]12O. The Morgan fingerprint density at radius 2 is 1.84 bits per heavy atom. The van der Waals surface area contributed by atoms with Crippen LogP contribution in [-0.2, 0) is 19.1 Å². The van der Waals surface area contributed by atoms with Crippen LogP contribution in [0.25, 0.3) is 0 Å². The molecule has 0 saturated heterocycles. The molecular formula is C30H44O8. The van der Waals surface area contributed by atoms with Gasteiger partial charge in [-0.1, -0.05) is 38.5 Å². The van der Waals surface area contributed by atoms with Crippen LogP contribution in [0.2, 0.25) is 0 Å². The number of allylic oxidation sites excluding steroid dienone is 2.